The van der Waals surface area contributed by atoms with Gasteiger partial charge in [-0.05, 0) is 17.7 Å². The van der Waals surface area contributed by atoms with E-state index in [2.05, 4.69) is 9.97 Å². The fourth-order valence-corrected chi connectivity index (χ4v) is 2.81. The first kappa shape index (κ1) is 15.6. The first-order valence-corrected chi connectivity index (χ1v) is 7.37. The average Bonchev–Trinajstić information content (AvgIpc) is 2.51. The van der Waals surface area contributed by atoms with Crippen molar-refractivity contribution in [3.63, 3.8) is 0 Å². The maximum atomic E-state index is 12.2. The Hall–Kier alpha value is -2.31. The monoisotopic (exact) mass is 351 g/mol. The number of H-pyrrole nitrogens is 1. The molecule has 8 heteroatoms. The van der Waals surface area contributed by atoms with Crippen molar-refractivity contribution in [2.45, 2.75) is 6.54 Å². The van der Waals surface area contributed by atoms with E-state index >= 15 is 0 Å². The van der Waals surface area contributed by atoms with E-state index in [4.69, 9.17) is 27.9 Å². The predicted molar refractivity (Wildman–Crippen MR) is 88.7 cm³/mol. The number of hydrogen-bond donors (Lipinski definition) is 1. The summed E-state index contributed by atoms with van der Waals surface area (Å²) >= 11 is 11.9. The lowest BCUT2D eigenvalue weighted by atomic mass is 10.2. The van der Waals surface area contributed by atoms with Gasteiger partial charge in [-0.1, -0.05) is 35.3 Å². The lowest BCUT2D eigenvalue weighted by molar-refractivity contribution is 0.414. The zero-order valence-corrected chi connectivity index (χ0v) is 13.5. The quantitative estimate of drug-likeness (QED) is 0.735. The van der Waals surface area contributed by atoms with Crippen molar-refractivity contribution in [2.24, 2.45) is 0 Å². The number of fused-ring (bicyclic) bond motifs is 1. The minimum Gasteiger partial charge on any atom is -0.497 e. The number of methoxy groups -OCH3 is 1. The highest BCUT2D eigenvalue weighted by Crippen LogP contribution is 2.21. The fraction of sp³-hybridized carbons (Fsp3) is 0.133. The van der Waals surface area contributed by atoms with Gasteiger partial charge in [0.25, 0.3) is 5.56 Å². The highest BCUT2D eigenvalue weighted by molar-refractivity contribution is 6.36. The second kappa shape index (κ2) is 6.06. The molecule has 118 valence electrons. The summed E-state index contributed by atoms with van der Waals surface area (Å²) in [5, 5.41) is 0.192. The third-order valence-corrected chi connectivity index (χ3v) is 3.87. The second-order valence-corrected chi connectivity index (χ2v) is 5.57. The van der Waals surface area contributed by atoms with Crippen LogP contribution in [0.15, 0.2) is 39.9 Å². The van der Waals surface area contributed by atoms with Crippen LogP contribution in [0.2, 0.25) is 10.3 Å². The van der Waals surface area contributed by atoms with Crippen molar-refractivity contribution in [2.75, 3.05) is 7.11 Å². The number of rotatable bonds is 3. The van der Waals surface area contributed by atoms with Crippen molar-refractivity contribution in [1.82, 2.24) is 14.5 Å². The Bertz CT molecular complexity index is 994. The number of benzene rings is 1. The van der Waals surface area contributed by atoms with Crippen LogP contribution in [0.4, 0.5) is 0 Å². The Morgan fingerprint density at radius 3 is 2.57 bits per heavy atom. The Kier molecular flexibility index (Phi) is 4.11. The van der Waals surface area contributed by atoms with Gasteiger partial charge in [-0.15, -0.1) is 0 Å². The highest BCUT2D eigenvalue weighted by Gasteiger charge is 2.13. The molecule has 0 amide bonds. The molecule has 0 aliphatic carbocycles. The van der Waals surface area contributed by atoms with E-state index in [1.54, 1.807) is 19.2 Å². The van der Waals surface area contributed by atoms with Crippen molar-refractivity contribution in [3.8, 4) is 5.75 Å². The smallest absolute Gasteiger partial charge is 0.329 e. The molecule has 0 bridgehead atoms. The van der Waals surface area contributed by atoms with Crippen LogP contribution in [0.25, 0.3) is 10.9 Å². The summed E-state index contributed by atoms with van der Waals surface area (Å²) in [6, 6.07) is 8.67. The van der Waals surface area contributed by atoms with Gasteiger partial charge >= 0.3 is 5.69 Å². The van der Waals surface area contributed by atoms with E-state index in [1.165, 1.54) is 10.6 Å². The molecule has 0 saturated heterocycles. The number of pyridine rings is 1. The molecule has 6 nitrogen and oxygen atoms in total. The van der Waals surface area contributed by atoms with Crippen LogP contribution in [-0.2, 0) is 6.54 Å². The summed E-state index contributed by atoms with van der Waals surface area (Å²) in [5.41, 5.74) is 0.0478. The van der Waals surface area contributed by atoms with Gasteiger partial charge in [0.05, 0.1) is 19.2 Å². The van der Waals surface area contributed by atoms with Gasteiger partial charge in [-0.25, -0.2) is 9.78 Å². The van der Waals surface area contributed by atoms with E-state index in [0.717, 1.165) is 5.56 Å². The molecule has 1 aromatic carbocycles. The number of nitrogens with one attached hydrogen (secondary N) is 1. The molecule has 0 radical (unpaired) electrons. The van der Waals surface area contributed by atoms with E-state index in [-0.39, 0.29) is 22.2 Å². The van der Waals surface area contributed by atoms with E-state index in [0.29, 0.717) is 11.3 Å². The molecule has 0 fully saturated rings. The van der Waals surface area contributed by atoms with Crippen LogP contribution >= 0.6 is 23.2 Å². The fourth-order valence-electron chi connectivity index (χ4n) is 2.30. The predicted octanol–water partition coefficient (Wildman–Crippen LogP) is 2.45. The number of nitrogens with zero attached hydrogens (tertiary/aromatic N) is 2. The first-order chi connectivity index (χ1) is 11.0. The van der Waals surface area contributed by atoms with Gasteiger partial charge < -0.3 is 4.74 Å². The molecule has 0 saturated carbocycles. The molecule has 3 aromatic rings. The molecule has 0 aliphatic rings. The molecule has 2 heterocycles. The molecule has 23 heavy (non-hydrogen) atoms. The third kappa shape index (κ3) is 2.95. The molecular formula is C15H11Cl2N3O3. The highest BCUT2D eigenvalue weighted by atomic mass is 35.5. The second-order valence-electron chi connectivity index (χ2n) is 4.82. The van der Waals surface area contributed by atoms with E-state index in [9.17, 15) is 9.59 Å². The molecule has 0 unspecified atom stereocenters. The lowest BCUT2D eigenvalue weighted by Crippen LogP contribution is -2.31. The number of hydrogen-bond acceptors (Lipinski definition) is 4. The van der Waals surface area contributed by atoms with Crippen molar-refractivity contribution < 1.29 is 4.74 Å². The Morgan fingerprint density at radius 2 is 1.91 bits per heavy atom. The van der Waals surface area contributed by atoms with Gasteiger partial charge in [-0.3, -0.25) is 14.3 Å². The number of ether oxygens (including phenoxy) is 1. The zero-order valence-electron chi connectivity index (χ0n) is 12.0. The molecular weight excluding hydrogens is 341 g/mol. The third-order valence-electron chi connectivity index (χ3n) is 3.41. The van der Waals surface area contributed by atoms with Crippen LogP contribution in [0.3, 0.4) is 0 Å². The molecule has 0 aliphatic heterocycles. The molecule has 3 rings (SSSR count). The summed E-state index contributed by atoms with van der Waals surface area (Å²) in [7, 11) is 1.58. The average molecular weight is 352 g/mol. The topological polar surface area (TPSA) is 77.0 Å². The molecule has 0 spiro atoms. The van der Waals surface area contributed by atoms with Gasteiger partial charge in [0, 0.05) is 6.07 Å². The van der Waals surface area contributed by atoms with Gasteiger partial charge in [0.1, 0.15) is 21.4 Å². The minimum absolute atomic E-state index is 0.0442. The zero-order chi connectivity index (χ0) is 16.6. The Labute approximate surface area is 140 Å². The summed E-state index contributed by atoms with van der Waals surface area (Å²) in [5.74, 6) is 0.711. The summed E-state index contributed by atoms with van der Waals surface area (Å²) < 4.78 is 6.49. The maximum Gasteiger partial charge on any atom is 0.329 e. The van der Waals surface area contributed by atoms with Gasteiger partial charge in [0.2, 0.25) is 0 Å². The van der Waals surface area contributed by atoms with Crippen LogP contribution in [0.5, 0.6) is 5.75 Å². The molecule has 2 aromatic heterocycles. The minimum atomic E-state index is -0.592. The van der Waals surface area contributed by atoms with Crippen LogP contribution in [0, 0.1) is 0 Å². The van der Waals surface area contributed by atoms with Crippen molar-refractivity contribution in [3.05, 3.63) is 67.0 Å². The van der Waals surface area contributed by atoms with Crippen LogP contribution in [0.1, 0.15) is 5.56 Å². The summed E-state index contributed by atoms with van der Waals surface area (Å²) in [6.45, 7) is 0.243. The largest absolute Gasteiger partial charge is 0.497 e. The SMILES string of the molecule is COc1ccc(Cn2c(=O)[nH]c(=O)c3c(Cl)nc(Cl)cc32)cc1. The number of aromatic amines is 1. The standard InChI is InChI=1S/C15H11Cl2N3O3/c1-23-9-4-2-8(3-5-9)7-20-10-6-11(16)18-13(17)12(10)14(21)19-15(20)22/h2-6H,7H2,1H3,(H,19,21,22). The number of aromatic nitrogens is 3. The Balaban J connectivity index is 2.20. The van der Waals surface area contributed by atoms with Gasteiger partial charge in [0.15, 0.2) is 0 Å². The summed E-state index contributed by atoms with van der Waals surface area (Å²) in [4.78, 5) is 30.2. The normalized spacial score (nSPS) is 10.9. The van der Waals surface area contributed by atoms with E-state index in [1.807, 2.05) is 12.1 Å². The molecule has 1 N–H and O–H groups in total. The molecule has 0 atom stereocenters. The lowest BCUT2D eigenvalue weighted by Gasteiger charge is -2.11. The maximum absolute atomic E-state index is 12.2. The Morgan fingerprint density at radius 1 is 1.22 bits per heavy atom. The number of halogens is 2. The van der Waals surface area contributed by atoms with Crippen molar-refractivity contribution in [1.29, 1.82) is 0 Å². The first-order valence-electron chi connectivity index (χ1n) is 6.61. The summed E-state index contributed by atoms with van der Waals surface area (Å²) in [6.07, 6.45) is 0. The van der Waals surface area contributed by atoms with E-state index < -0.39 is 11.2 Å². The van der Waals surface area contributed by atoms with Crippen LogP contribution < -0.4 is 16.0 Å². The van der Waals surface area contributed by atoms with Gasteiger partial charge in [-0.2, -0.15) is 0 Å². The van der Waals surface area contributed by atoms with Crippen molar-refractivity contribution >= 4 is 34.1 Å². The van der Waals surface area contributed by atoms with Crippen LogP contribution in [-0.4, -0.2) is 21.6 Å².